The maximum absolute atomic E-state index is 8.72. The van der Waals surface area contributed by atoms with Crippen LogP contribution >= 0.6 is 0 Å². The van der Waals surface area contributed by atoms with Crippen LogP contribution in [0.25, 0.3) is 0 Å². The summed E-state index contributed by atoms with van der Waals surface area (Å²) >= 11 is 0. The van der Waals surface area contributed by atoms with Crippen molar-refractivity contribution in [1.29, 1.82) is 0 Å². The lowest BCUT2D eigenvalue weighted by molar-refractivity contribution is 0.318. The van der Waals surface area contributed by atoms with Crippen molar-refractivity contribution >= 4 is 5.84 Å². The predicted molar refractivity (Wildman–Crippen MR) is 75.1 cm³/mol. The third kappa shape index (κ3) is 3.03. The molecule has 2 rings (SSSR count). The molecule has 0 fully saturated rings. The summed E-state index contributed by atoms with van der Waals surface area (Å²) in [5.74, 6) is 1.11. The number of nitrogens with two attached hydrogens (primary N) is 1. The normalized spacial score (nSPS) is 11.7. The maximum atomic E-state index is 8.72. The molecule has 1 heterocycles. The standard InChI is InChI=1S/C14H16N4O2/c1-9(2)10-3-5-11(6-4-10)20-14-12(13(15)18-19)16-7-8-17-14/h3-9,19H,1-2H3,(H2,15,18). The number of rotatable bonds is 4. The van der Waals surface area contributed by atoms with Crippen LogP contribution in [0.15, 0.2) is 41.8 Å². The van der Waals surface area contributed by atoms with Crippen molar-refractivity contribution in [3.8, 4) is 11.6 Å². The second-order valence-electron chi connectivity index (χ2n) is 4.52. The van der Waals surface area contributed by atoms with E-state index in [9.17, 15) is 0 Å². The fraction of sp³-hybridized carbons (Fsp3) is 0.214. The molecule has 0 saturated heterocycles. The van der Waals surface area contributed by atoms with Crippen LogP contribution in [0.3, 0.4) is 0 Å². The van der Waals surface area contributed by atoms with Crippen molar-refractivity contribution in [2.24, 2.45) is 10.9 Å². The van der Waals surface area contributed by atoms with E-state index in [1.165, 1.54) is 18.0 Å². The summed E-state index contributed by atoms with van der Waals surface area (Å²) < 4.78 is 5.62. The second-order valence-corrected chi connectivity index (χ2v) is 4.52. The molecule has 0 radical (unpaired) electrons. The van der Waals surface area contributed by atoms with Crippen LogP contribution < -0.4 is 10.5 Å². The molecule has 0 spiro atoms. The van der Waals surface area contributed by atoms with Crippen molar-refractivity contribution in [3.05, 3.63) is 47.9 Å². The molecular weight excluding hydrogens is 256 g/mol. The van der Waals surface area contributed by atoms with Gasteiger partial charge in [0, 0.05) is 12.4 Å². The predicted octanol–water partition coefficient (Wildman–Crippen LogP) is 2.49. The van der Waals surface area contributed by atoms with Gasteiger partial charge in [0.25, 0.3) is 0 Å². The molecule has 6 nitrogen and oxygen atoms in total. The Kier molecular flexibility index (Phi) is 4.14. The molecule has 0 aliphatic carbocycles. The zero-order valence-electron chi connectivity index (χ0n) is 11.3. The number of ether oxygens (including phenoxy) is 1. The van der Waals surface area contributed by atoms with Crippen LogP contribution in [0.4, 0.5) is 0 Å². The van der Waals surface area contributed by atoms with E-state index in [0.717, 1.165) is 0 Å². The summed E-state index contributed by atoms with van der Waals surface area (Å²) in [4.78, 5) is 8.03. The van der Waals surface area contributed by atoms with Crippen LogP contribution in [-0.4, -0.2) is 21.0 Å². The largest absolute Gasteiger partial charge is 0.437 e. The molecule has 2 aromatic rings. The molecule has 0 aliphatic heterocycles. The highest BCUT2D eigenvalue weighted by Crippen LogP contribution is 2.24. The molecular formula is C14H16N4O2. The van der Waals surface area contributed by atoms with Gasteiger partial charge in [-0.05, 0) is 23.6 Å². The van der Waals surface area contributed by atoms with Gasteiger partial charge in [-0.2, -0.15) is 0 Å². The summed E-state index contributed by atoms with van der Waals surface area (Å²) in [6.45, 7) is 4.24. The molecule has 6 heteroatoms. The zero-order chi connectivity index (χ0) is 14.5. The highest BCUT2D eigenvalue weighted by atomic mass is 16.5. The minimum atomic E-state index is -0.146. The molecule has 0 aliphatic rings. The van der Waals surface area contributed by atoms with Crippen LogP contribution in [0.5, 0.6) is 11.6 Å². The van der Waals surface area contributed by atoms with Crippen LogP contribution in [0.1, 0.15) is 31.0 Å². The van der Waals surface area contributed by atoms with Crippen LogP contribution in [0.2, 0.25) is 0 Å². The Balaban J connectivity index is 2.26. The van der Waals surface area contributed by atoms with E-state index < -0.39 is 0 Å². The number of benzene rings is 1. The van der Waals surface area contributed by atoms with Crippen LogP contribution in [0, 0.1) is 0 Å². The summed E-state index contributed by atoms with van der Waals surface area (Å²) in [5, 5.41) is 11.6. The molecule has 104 valence electrons. The van der Waals surface area contributed by atoms with Crippen molar-refractivity contribution in [2.75, 3.05) is 0 Å². The van der Waals surface area contributed by atoms with Gasteiger partial charge in [-0.1, -0.05) is 31.1 Å². The highest BCUT2D eigenvalue weighted by Gasteiger charge is 2.12. The molecule has 3 N–H and O–H groups in total. The minimum Gasteiger partial charge on any atom is -0.437 e. The Bertz CT molecular complexity index is 609. The number of hydrogen-bond acceptors (Lipinski definition) is 5. The molecule has 0 unspecified atom stereocenters. The Morgan fingerprint density at radius 3 is 2.45 bits per heavy atom. The van der Waals surface area contributed by atoms with Gasteiger partial charge in [0.05, 0.1) is 0 Å². The van der Waals surface area contributed by atoms with Gasteiger partial charge in [0.2, 0.25) is 5.88 Å². The number of nitrogens with zero attached hydrogens (tertiary/aromatic N) is 3. The Morgan fingerprint density at radius 1 is 1.20 bits per heavy atom. The Morgan fingerprint density at radius 2 is 1.85 bits per heavy atom. The average Bonchev–Trinajstić information content (AvgIpc) is 2.47. The zero-order valence-corrected chi connectivity index (χ0v) is 11.3. The summed E-state index contributed by atoms with van der Waals surface area (Å²) in [6.07, 6.45) is 2.92. The van der Waals surface area contributed by atoms with Crippen molar-refractivity contribution in [2.45, 2.75) is 19.8 Å². The maximum Gasteiger partial charge on any atom is 0.249 e. The topological polar surface area (TPSA) is 93.6 Å². The third-order valence-electron chi connectivity index (χ3n) is 2.78. The van der Waals surface area contributed by atoms with Gasteiger partial charge in [-0.3, -0.25) is 0 Å². The van der Waals surface area contributed by atoms with E-state index in [4.69, 9.17) is 15.7 Å². The number of amidine groups is 1. The first-order valence-electron chi connectivity index (χ1n) is 6.18. The average molecular weight is 272 g/mol. The molecule has 0 atom stereocenters. The lowest BCUT2D eigenvalue weighted by Crippen LogP contribution is -2.16. The molecule has 20 heavy (non-hydrogen) atoms. The van der Waals surface area contributed by atoms with Gasteiger partial charge >= 0.3 is 0 Å². The van der Waals surface area contributed by atoms with Gasteiger partial charge in [0.15, 0.2) is 11.5 Å². The highest BCUT2D eigenvalue weighted by molar-refractivity contribution is 5.97. The number of hydrogen-bond donors (Lipinski definition) is 2. The second kappa shape index (κ2) is 6.01. The van der Waals surface area contributed by atoms with Crippen molar-refractivity contribution in [1.82, 2.24) is 9.97 Å². The van der Waals surface area contributed by atoms with Gasteiger partial charge in [-0.25, -0.2) is 9.97 Å². The molecule has 1 aromatic heterocycles. The summed E-state index contributed by atoms with van der Waals surface area (Å²) in [5.41, 5.74) is 6.94. The molecule has 1 aromatic carbocycles. The van der Waals surface area contributed by atoms with E-state index in [2.05, 4.69) is 29.0 Å². The van der Waals surface area contributed by atoms with Crippen molar-refractivity contribution < 1.29 is 9.94 Å². The third-order valence-corrected chi connectivity index (χ3v) is 2.78. The minimum absolute atomic E-state index is 0.146. The van der Waals surface area contributed by atoms with E-state index in [-0.39, 0.29) is 17.4 Å². The quantitative estimate of drug-likeness (QED) is 0.386. The van der Waals surface area contributed by atoms with Gasteiger partial charge in [-0.15, -0.1) is 0 Å². The van der Waals surface area contributed by atoms with E-state index in [1.54, 1.807) is 0 Å². The molecule has 0 saturated carbocycles. The Labute approximate surface area is 116 Å². The Hall–Kier alpha value is -2.63. The summed E-state index contributed by atoms with van der Waals surface area (Å²) in [7, 11) is 0. The van der Waals surface area contributed by atoms with E-state index >= 15 is 0 Å². The summed E-state index contributed by atoms with van der Waals surface area (Å²) in [6, 6.07) is 7.67. The first-order valence-corrected chi connectivity index (χ1v) is 6.18. The first-order chi connectivity index (χ1) is 9.61. The van der Waals surface area contributed by atoms with E-state index in [0.29, 0.717) is 11.7 Å². The fourth-order valence-electron chi connectivity index (χ4n) is 1.66. The molecule has 0 amide bonds. The van der Waals surface area contributed by atoms with Crippen LogP contribution in [-0.2, 0) is 0 Å². The monoisotopic (exact) mass is 272 g/mol. The number of aromatic nitrogens is 2. The lowest BCUT2D eigenvalue weighted by atomic mass is 10.0. The first kappa shape index (κ1) is 13.8. The molecule has 0 bridgehead atoms. The number of oxime groups is 1. The smallest absolute Gasteiger partial charge is 0.249 e. The SMILES string of the molecule is CC(C)c1ccc(Oc2nccnc2C(N)=NO)cc1. The fourth-order valence-corrected chi connectivity index (χ4v) is 1.66. The van der Waals surface area contributed by atoms with E-state index in [1.807, 2.05) is 24.3 Å². The lowest BCUT2D eigenvalue weighted by Gasteiger charge is -2.09. The van der Waals surface area contributed by atoms with Crippen molar-refractivity contribution in [3.63, 3.8) is 0 Å². The van der Waals surface area contributed by atoms with Gasteiger partial charge in [0.1, 0.15) is 5.75 Å². The van der Waals surface area contributed by atoms with Gasteiger partial charge < -0.3 is 15.7 Å².